The molecule has 0 aromatic heterocycles. The molecule has 1 unspecified atom stereocenters. The normalized spacial score (nSPS) is 13.5. The molecule has 0 nitrogen and oxygen atoms in total. The van der Waals surface area contributed by atoms with Gasteiger partial charge in [-0.3, -0.25) is 0 Å². The van der Waals surface area contributed by atoms with E-state index < -0.39 is 0 Å². The summed E-state index contributed by atoms with van der Waals surface area (Å²) in [5.74, 6) is 0.619. The van der Waals surface area contributed by atoms with E-state index in [0.717, 1.165) is 0 Å². The SMILES string of the molecule is CCC(C)c1ccc(-c2cccc3c2C=C(c2ccccc2)[CH]3)cc1.[Zr]. The Morgan fingerprint density at radius 2 is 1.50 bits per heavy atom. The Hall–Kier alpha value is -1.72. The van der Waals surface area contributed by atoms with Gasteiger partial charge in [0.05, 0.1) is 0 Å². The smallest absolute Gasteiger partial charge is 0.0211 e. The van der Waals surface area contributed by atoms with Gasteiger partial charge in [0.25, 0.3) is 0 Å². The Morgan fingerprint density at radius 3 is 2.19 bits per heavy atom. The average molecular weight is 415 g/mol. The van der Waals surface area contributed by atoms with Crippen LogP contribution in [-0.2, 0) is 26.2 Å². The minimum atomic E-state index is 0. The maximum Gasteiger partial charge on any atom is 0.0211 e. The molecule has 127 valence electrons. The summed E-state index contributed by atoms with van der Waals surface area (Å²) in [6.07, 6.45) is 5.79. The summed E-state index contributed by atoms with van der Waals surface area (Å²) in [6.45, 7) is 4.54. The molecule has 0 amide bonds. The van der Waals surface area contributed by atoms with Gasteiger partial charge < -0.3 is 0 Å². The minimum absolute atomic E-state index is 0. The quantitative estimate of drug-likeness (QED) is 0.432. The second kappa shape index (κ2) is 8.32. The van der Waals surface area contributed by atoms with Gasteiger partial charge >= 0.3 is 0 Å². The predicted molar refractivity (Wildman–Crippen MR) is 108 cm³/mol. The van der Waals surface area contributed by atoms with E-state index in [0.29, 0.717) is 5.92 Å². The zero-order chi connectivity index (χ0) is 17.2. The molecule has 3 aromatic carbocycles. The van der Waals surface area contributed by atoms with Gasteiger partial charge in [-0.25, -0.2) is 0 Å². The molecule has 0 aliphatic heterocycles. The fourth-order valence-corrected chi connectivity index (χ4v) is 3.51. The molecule has 0 saturated carbocycles. The van der Waals surface area contributed by atoms with Crippen LogP contribution in [0.4, 0.5) is 0 Å². The monoisotopic (exact) mass is 413 g/mol. The average Bonchev–Trinajstić information content (AvgIpc) is 3.12. The number of hydrogen-bond acceptors (Lipinski definition) is 0. The standard InChI is InChI=1S/C25H23.Zr/c1-3-18(2)19-12-14-21(15-13-19)24-11-7-10-22-16-23(17-25(22)24)20-8-5-4-6-9-20;/h4-18H,3H2,1-2H3;. The summed E-state index contributed by atoms with van der Waals surface area (Å²) in [5, 5.41) is 0. The van der Waals surface area contributed by atoms with Crippen molar-refractivity contribution in [3.63, 3.8) is 0 Å². The van der Waals surface area contributed by atoms with Crippen LogP contribution < -0.4 is 0 Å². The predicted octanol–water partition coefficient (Wildman–Crippen LogP) is 6.97. The van der Waals surface area contributed by atoms with Crippen LogP contribution in [0.25, 0.3) is 22.8 Å². The van der Waals surface area contributed by atoms with Crippen molar-refractivity contribution < 1.29 is 26.2 Å². The van der Waals surface area contributed by atoms with Crippen molar-refractivity contribution in [2.24, 2.45) is 0 Å². The van der Waals surface area contributed by atoms with E-state index in [9.17, 15) is 0 Å². The zero-order valence-electron chi connectivity index (χ0n) is 15.4. The third kappa shape index (κ3) is 3.69. The third-order valence-electron chi connectivity index (χ3n) is 5.26. The second-order valence-corrected chi connectivity index (χ2v) is 6.85. The topological polar surface area (TPSA) is 0 Å². The van der Waals surface area contributed by atoms with Crippen LogP contribution in [0.2, 0.25) is 0 Å². The van der Waals surface area contributed by atoms with Gasteiger partial charge in [-0.15, -0.1) is 0 Å². The van der Waals surface area contributed by atoms with Crippen LogP contribution in [-0.4, -0.2) is 0 Å². The molecule has 0 heterocycles. The van der Waals surface area contributed by atoms with Crippen LogP contribution in [0.15, 0.2) is 72.8 Å². The van der Waals surface area contributed by atoms with Crippen molar-refractivity contribution in [3.8, 4) is 11.1 Å². The number of fused-ring (bicyclic) bond motifs is 1. The van der Waals surface area contributed by atoms with E-state index in [1.807, 2.05) is 0 Å². The van der Waals surface area contributed by atoms with E-state index >= 15 is 0 Å². The van der Waals surface area contributed by atoms with Gasteiger partial charge in [0.1, 0.15) is 0 Å². The number of benzene rings is 3. The van der Waals surface area contributed by atoms with Crippen LogP contribution in [0.5, 0.6) is 0 Å². The van der Waals surface area contributed by atoms with E-state index in [1.165, 1.54) is 45.4 Å². The van der Waals surface area contributed by atoms with Crippen LogP contribution in [0.3, 0.4) is 0 Å². The molecule has 1 aliphatic carbocycles. The molecule has 0 saturated heterocycles. The first-order valence-corrected chi connectivity index (χ1v) is 9.11. The fourth-order valence-electron chi connectivity index (χ4n) is 3.51. The van der Waals surface area contributed by atoms with Crippen molar-refractivity contribution in [2.75, 3.05) is 0 Å². The van der Waals surface area contributed by atoms with Crippen molar-refractivity contribution in [3.05, 3.63) is 101 Å². The van der Waals surface area contributed by atoms with E-state index in [1.54, 1.807) is 0 Å². The van der Waals surface area contributed by atoms with Crippen molar-refractivity contribution >= 4 is 11.6 Å². The number of hydrogen-bond donors (Lipinski definition) is 0. The summed E-state index contributed by atoms with van der Waals surface area (Å²) < 4.78 is 0. The molecule has 1 heteroatoms. The summed E-state index contributed by atoms with van der Waals surface area (Å²) in [6, 6.07) is 26.3. The molecule has 26 heavy (non-hydrogen) atoms. The molecule has 0 N–H and O–H groups in total. The van der Waals surface area contributed by atoms with Crippen molar-refractivity contribution in [1.82, 2.24) is 0 Å². The first-order valence-electron chi connectivity index (χ1n) is 9.11. The summed E-state index contributed by atoms with van der Waals surface area (Å²) in [7, 11) is 0. The first-order chi connectivity index (χ1) is 12.3. The molecule has 1 aliphatic rings. The Labute approximate surface area is 176 Å². The van der Waals surface area contributed by atoms with Crippen LogP contribution in [0.1, 0.15) is 48.4 Å². The molecular weight excluding hydrogens is 391 g/mol. The maximum atomic E-state index is 2.32. The first kappa shape index (κ1) is 19.1. The molecule has 0 fully saturated rings. The number of allylic oxidation sites excluding steroid dienone is 1. The van der Waals surface area contributed by atoms with Gasteiger partial charge in [0.2, 0.25) is 0 Å². The van der Waals surface area contributed by atoms with Gasteiger partial charge in [-0.2, -0.15) is 0 Å². The van der Waals surface area contributed by atoms with Gasteiger partial charge in [-0.05, 0) is 57.4 Å². The van der Waals surface area contributed by atoms with Crippen LogP contribution >= 0.6 is 0 Å². The summed E-state index contributed by atoms with van der Waals surface area (Å²) >= 11 is 0. The van der Waals surface area contributed by atoms with E-state index in [-0.39, 0.29) is 26.2 Å². The maximum absolute atomic E-state index is 2.32. The van der Waals surface area contributed by atoms with Gasteiger partial charge in [0.15, 0.2) is 0 Å². The Morgan fingerprint density at radius 1 is 0.769 bits per heavy atom. The second-order valence-electron chi connectivity index (χ2n) is 6.85. The van der Waals surface area contributed by atoms with Crippen molar-refractivity contribution in [2.45, 2.75) is 26.2 Å². The van der Waals surface area contributed by atoms with Crippen LogP contribution in [0, 0.1) is 6.42 Å². The number of rotatable bonds is 4. The van der Waals surface area contributed by atoms with Gasteiger partial charge in [0, 0.05) is 32.6 Å². The molecule has 4 rings (SSSR count). The summed E-state index contributed by atoms with van der Waals surface area (Å²) in [4.78, 5) is 0. The minimum Gasteiger partial charge on any atom is -0.0648 e. The molecule has 0 spiro atoms. The largest absolute Gasteiger partial charge is 0.0648 e. The Bertz CT molecular complexity index is 905. The molecule has 1 atom stereocenters. The zero-order valence-corrected chi connectivity index (χ0v) is 17.8. The van der Waals surface area contributed by atoms with E-state index in [2.05, 4.69) is 99.1 Å². The van der Waals surface area contributed by atoms with Gasteiger partial charge in [-0.1, -0.05) is 86.6 Å². The third-order valence-corrected chi connectivity index (χ3v) is 5.26. The fraction of sp³-hybridized carbons (Fsp3) is 0.160. The molecule has 1 radical (unpaired) electrons. The summed E-state index contributed by atoms with van der Waals surface area (Å²) in [5.41, 5.74) is 9.24. The molecule has 0 bridgehead atoms. The Balaban J connectivity index is 0.00000196. The molecular formula is C25H23Zr. The van der Waals surface area contributed by atoms with Crippen molar-refractivity contribution in [1.29, 1.82) is 0 Å². The Kier molecular flexibility index (Phi) is 6.10. The molecule has 3 aromatic rings. The van der Waals surface area contributed by atoms with E-state index in [4.69, 9.17) is 0 Å².